The van der Waals surface area contributed by atoms with Gasteiger partial charge < -0.3 is 5.32 Å². The summed E-state index contributed by atoms with van der Waals surface area (Å²) in [6.07, 6.45) is 2.13. The number of nitrogens with one attached hydrogen (secondary N) is 1. The molecule has 0 aliphatic carbocycles. The molecule has 2 heteroatoms. The summed E-state index contributed by atoms with van der Waals surface area (Å²) in [7, 11) is 0. The summed E-state index contributed by atoms with van der Waals surface area (Å²) in [5.74, 6) is 0. The summed E-state index contributed by atoms with van der Waals surface area (Å²) in [5, 5.41) is 3.65. The van der Waals surface area contributed by atoms with E-state index in [0.717, 1.165) is 25.9 Å². The number of hydrogen-bond acceptors (Lipinski definition) is 1. The van der Waals surface area contributed by atoms with Crippen LogP contribution in [0.1, 0.15) is 31.4 Å². The minimum atomic E-state index is 0.264. The van der Waals surface area contributed by atoms with Gasteiger partial charge in [-0.1, -0.05) is 31.2 Å². The van der Waals surface area contributed by atoms with Crippen LogP contribution in [0.15, 0.2) is 24.3 Å². The number of alkyl halides is 1. The Kier molecular flexibility index (Phi) is 5.74. The monoisotopic (exact) mass is 225 g/mol. The van der Waals surface area contributed by atoms with E-state index in [1.165, 1.54) is 11.1 Å². The van der Waals surface area contributed by atoms with E-state index in [2.05, 4.69) is 36.5 Å². The molecule has 0 heterocycles. The average Bonchev–Trinajstić information content (AvgIpc) is 2.25. The summed E-state index contributed by atoms with van der Waals surface area (Å²) < 4.78 is 0. The second-order valence-electron chi connectivity index (χ2n) is 3.92. The first-order valence-electron chi connectivity index (χ1n) is 5.65. The molecule has 0 saturated heterocycles. The van der Waals surface area contributed by atoms with Crippen LogP contribution in [-0.4, -0.2) is 11.9 Å². The zero-order chi connectivity index (χ0) is 11.1. The number of rotatable bonds is 6. The van der Waals surface area contributed by atoms with Crippen molar-refractivity contribution in [1.82, 2.24) is 5.32 Å². The first-order valence-corrected chi connectivity index (χ1v) is 6.08. The van der Waals surface area contributed by atoms with Crippen LogP contribution in [0.25, 0.3) is 0 Å². The lowest BCUT2D eigenvalue weighted by atomic mass is 10.1. The molecule has 0 amide bonds. The normalized spacial score (nSPS) is 12.7. The largest absolute Gasteiger partial charge is 0.313 e. The van der Waals surface area contributed by atoms with Crippen molar-refractivity contribution in [2.75, 3.05) is 6.54 Å². The fourth-order valence-electron chi connectivity index (χ4n) is 1.43. The highest BCUT2D eigenvalue weighted by atomic mass is 35.5. The summed E-state index contributed by atoms with van der Waals surface area (Å²) in [4.78, 5) is 0. The fourth-order valence-corrected chi connectivity index (χ4v) is 1.54. The number of halogens is 1. The van der Waals surface area contributed by atoms with Gasteiger partial charge in [0, 0.05) is 11.9 Å². The number of hydrogen-bond donors (Lipinski definition) is 1. The molecule has 0 aromatic heterocycles. The van der Waals surface area contributed by atoms with Crippen molar-refractivity contribution in [1.29, 1.82) is 0 Å². The van der Waals surface area contributed by atoms with Gasteiger partial charge in [0.05, 0.1) is 0 Å². The third-order valence-corrected chi connectivity index (χ3v) is 2.70. The van der Waals surface area contributed by atoms with E-state index in [0.29, 0.717) is 0 Å². The van der Waals surface area contributed by atoms with E-state index in [9.17, 15) is 0 Å². The first-order chi connectivity index (χ1) is 7.22. The molecule has 1 aromatic rings. The summed E-state index contributed by atoms with van der Waals surface area (Å²) >= 11 is 5.86. The molecule has 0 radical (unpaired) electrons. The van der Waals surface area contributed by atoms with Crippen LogP contribution in [0.5, 0.6) is 0 Å². The Morgan fingerprint density at radius 2 is 1.80 bits per heavy atom. The molecule has 15 heavy (non-hydrogen) atoms. The van der Waals surface area contributed by atoms with Crippen molar-refractivity contribution in [3.63, 3.8) is 0 Å². The van der Waals surface area contributed by atoms with Gasteiger partial charge in [0.2, 0.25) is 0 Å². The highest BCUT2D eigenvalue weighted by Crippen LogP contribution is 2.05. The summed E-state index contributed by atoms with van der Waals surface area (Å²) in [6, 6.07) is 8.77. The molecule has 1 unspecified atom stereocenters. The third kappa shape index (κ3) is 5.19. The molecule has 0 fully saturated rings. The molecule has 1 nitrogen and oxygen atoms in total. The molecule has 0 bridgehead atoms. The van der Waals surface area contributed by atoms with E-state index in [1.54, 1.807) is 0 Å². The van der Waals surface area contributed by atoms with Crippen molar-refractivity contribution in [2.24, 2.45) is 0 Å². The van der Waals surface area contributed by atoms with Gasteiger partial charge in [0.25, 0.3) is 0 Å². The molecule has 0 aliphatic heterocycles. The Morgan fingerprint density at radius 3 is 2.33 bits per heavy atom. The van der Waals surface area contributed by atoms with Crippen LogP contribution in [0.4, 0.5) is 0 Å². The van der Waals surface area contributed by atoms with Gasteiger partial charge in [0.15, 0.2) is 0 Å². The second-order valence-corrected chi connectivity index (χ2v) is 4.66. The van der Waals surface area contributed by atoms with Crippen LogP contribution < -0.4 is 5.32 Å². The lowest BCUT2D eigenvalue weighted by molar-refractivity contribution is 0.645. The molecule has 1 rings (SSSR count). The SMILES string of the molecule is CCc1ccc(CNCCC(C)Cl)cc1. The minimum Gasteiger partial charge on any atom is -0.313 e. The van der Waals surface area contributed by atoms with Crippen LogP contribution in [0.2, 0.25) is 0 Å². The Labute approximate surface area is 97.8 Å². The predicted molar refractivity (Wildman–Crippen MR) is 67.5 cm³/mol. The van der Waals surface area contributed by atoms with Gasteiger partial charge in [-0.15, -0.1) is 11.6 Å². The van der Waals surface area contributed by atoms with Crippen molar-refractivity contribution >= 4 is 11.6 Å². The number of benzene rings is 1. The van der Waals surface area contributed by atoms with Gasteiger partial charge in [0.1, 0.15) is 0 Å². The van der Waals surface area contributed by atoms with Crippen molar-refractivity contribution in [2.45, 2.75) is 38.6 Å². The van der Waals surface area contributed by atoms with Gasteiger partial charge in [-0.2, -0.15) is 0 Å². The van der Waals surface area contributed by atoms with Gasteiger partial charge >= 0.3 is 0 Å². The van der Waals surface area contributed by atoms with Gasteiger partial charge in [-0.25, -0.2) is 0 Å². The van der Waals surface area contributed by atoms with Gasteiger partial charge in [-0.05, 0) is 37.4 Å². The van der Waals surface area contributed by atoms with E-state index in [1.807, 2.05) is 6.92 Å². The molecule has 0 aliphatic rings. The lowest BCUT2D eigenvalue weighted by Crippen LogP contribution is -2.16. The van der Waals surface area contributed by atoms with E-state index < -0.39 is 0 Å². The Balaban J connectivity index is 2.25. The highest BCUT2D eigenvalue weighted by Gasteiger charge is 1.96. The summed E-state index contributed by atoms with van der Waals surface area (Å²) in [5.41, 5.74) is 2.74. The molecular formula is C13H20ClN. The average molecular weight is 226 g/mol. The van der Waals surface area contributed by atoms with Crippen molar-refractivity contribution in [3.8, 4) is 0 Å². The third-order valence-electron chi connectivity index (χ3n) is 2.48. The zero-order valence-corrected chi connectivity index (χ0v) is 10.3. The smallest absolute Gasteiger partial charge is 0.0319 e. The van der Waals surface area contributed by atoms with Crippen molar-refractivity contribution < 1.29 is 0 Å². The van der Waals surface area contributed by atoms with Crippen LogP contribution in [0, 0.1) is 0 Å². The maximum atomic E-state index is 5.86. The molecule has 0 spiro atoms. The van der Waals surface area contributed by atoms with Gasteiger partial charge in [-0.3, -0.25) is 0 Å². The molecule has 0 saturated carbocycles. The van der Waals surface area contributed by atoms with E-state index in [-0.39, 0.29) is 5.38 Å². The molecule has 1 N–H and O–H groups in total. The predicted octanol–water partition coefficient (Wildman–Crippen LogP) is 3.36. The zero-order valence-electron chi connectivity index (χ0n) is 9.59. The Hall–Kier alpha value is -0.530. The Morgan fingerprint density at radius 1 is 1.20 bits per heavy atom. The molecule has 84 valence electrons. The van der Waals surface area contributed by atoms with E-state index >= 15 is 0 Å². The first kappa shape index (κ1) is 12.5. The number of aryl methyl sites for hydroxylation is 1. The van der Waals surface area contributed by atoms with E-state index in [4.69, 9.17) is 11.6 Å². The van der Waals surface area contributed by atoms with Crippen LogP contribution in [0.3, 0.4) is 0 Å². The quantitative estimate of drug-likeness (QED) is 0.578. The lowest BCUT2D eigenvalue weighted by Gasteiger charge is -2.06. The van der Waals surface area contributed by atoms with Crippen LogP contribution in [-0.2, 0) is 13.0 Å². The molecule has 1 aromatic carbocycles. The van der Waals surface area contributed by atoms with Crippen molar-refractivity contribution in [3.05, 3.63) is 35.4 Å². The Bertz CT molecular complexity index is 266. The fraction of sp³-hybridized carbons (Fsp3) is 0.538. The maximum absolute atomic E-state index is 5.86. The molecular weight excluding hydrogens is 206 g/mol. The molecule has 1 atom stereocenters. The minimum absolute atomic E-state index is 0.264. The second kappa shape index (κ2) is 6.86. The topological polar surface area (TPSA) is 12.0 Å². The van der Waals surface area contributed by atoms with Crippen LogP contribution >= 0.6 is 11.6 Å². The summed E-state index contributed by atoms with van der Waals surface area (Å²) in [6.45, 7) is 6.13. The maximum Gasteiger partial charge on any atom is 0.0319 e. The standard InChI is InChI=1S/C13H20ClN/c1-3-12-4-6-13(7-5-12)10-15-9-8-11(2)14/h4-7,11,15H,3,8-10H2,1-2H3. The highest BCUT2D eigenvalue weighted by molar-refractivity contribution is 6.20.